The second kappa shape index (κ2) is 12.4. The molecule has 4 aromatic rings. The predicted octanol–water partition coefficient (Wildman–Crippen LogP) is 5.27. The number of rotatable bonds is 8. The van der Waals surface area contributed by atoms with Crippen molar-refractivity contribution in [2.75, 3.05) is 79.5 Å². The highest BCUT2D eigenvalue weighted by molar-refractivity contribution is 7.92. The van der Waals surface area contributed by atoms with Crippen LogP contribution in [0.15, 0.2) is 54.7 Å². The molecule has 0 atom stereocenters. The Kier molecular flexibility index (Phi) is 8.30. The average Bonchev–Trinajstić information content (AvgIpc) is 3.47. The van der Waals surface area contributed by atoms with Gasteiger partial charge in [0.25, 0.3) is 0 Å². The SMILES string of the molecule is COc1cc(N2CCC(N3CCN(C)CC3)CC2)ccc1Nc1ncc(Cl)c(Nc2ccc3cccc4c3c2N(S(C)(=O)=O)C4)n1. The van der Waals surface area contributed by atoms with Crippen LogP contribution in [-0.2, 0) is 16.6 Å². The van der Waals surface area contributed by atoms with Gasteiger partial charge in [-0.05, 0) is 49.0 Å². The molecule has 3 aliphatic rings. The fraction of sp³-hybridized carbons (Fsp3) is 0.394. The second-order valence-electron chi connectivity index (χ2n) is 12.3. The number of nitrogens with zero attached hydrogens (tertiary/aromatic N) is 6. The van der Waals surface area contributed by atoms with Crippen molar-refractivity contribution in [3.8, 4) is 5.75 Å². The molecule has 0 saturated carbocycles. The maximum absolute atomic E-state index is 12.8. The third-order valence-corrected chi connectivity index (χ3v) is 10.8. The number of hydrogen-bond donors (Lipinski definition) is 2. The zero-order chi connectivity index (χ0) is 32.0. The quantitative estimate of drug-likeness (QED) is 0.259. The van der Waals surface area contributed by atoms with E-state index in [9.17, 15) is 8.42 Å². The summed E-state index contributed by atoms with van der Waals surface area (Å²) in [5, 5.41) is 8.73. The highest BCUT2D eigenvalue weighted by Gasteiger charge is 2.31. The van der Waals surface area contributed by atoms with Crippen LogP contribution in [0.3, 0.4) is 0 Å². The second-order valence-corrected chi connectivity index (χ2v) is 14.6. The Balaban J connectivity index is 1.09. The highest BCUT2D eigenvalue weighted by Crippen LogP contribution is 2.45. The molecule has 2 N–H and O–H groups in total. The largest absolute Gasteiger partial charge is 0.494 e. The molecule has 0 spiro atoms. The van der Waals surface area contributed by atoms with E-state index < -0.39 is 10.0 Å². The smallest absolute Gasteiger partial charge is 0.232 e. The van der Waals surface area contributed by atoms with Gasteiger partial charge in [-0.2, -0.15) is 4.98 Å². The van der Waals surface area contributed by atoms with Crippen molar-refractivity contribution in [1.29, 1.82) is 0 Å². The van der Waals surface area contributed by atoms with Crippen molar-refractivity contribution >= 4 is 66.9 Å². The van der Waals surface area contributed by atoms with E-state index in [2.05, 4.69) is 54.5 Å². The van der Waals surface area contributed by atoms with Crippen molar-refractivity contribution in [3.05, 3.63) is 65.3 Å². The summed E-state index contributed by atoms with van der Waals surface area (Å²) in [6.07, 6.45) is 5.05. The molecule has 7 rings (SSSR count). The normalized spacial score (nSPS) is 17.9. The van der Waals surface area contributed by atoms with Crippen molar-refractivity contribution in [3.63, 3.8) is 0 Å². The Bertz CT molecular complexity index is 1870. The Hall–Kier alpha value is -3.84. The summed E-state index contributed by atoms with van der Waals surface area (Å²) >= 11 is 6.55. The maximum atomic E-state index is 12.8. The lowest BCUT2D eigenvalue weighted by Gasteiger charge is -2.42. The molecular weight excluding hydrogens is 624 g/mol. The molecule has 0 bridgehead atoms. The van der Waals surface area contributed by atoms with E-state index in [1.165, 1.54) is 16.8 Å². The van der Waals surface area contributed by atoms with Gasteiger partial charge < -0.3 is 25.2 Å². The third-order valence-electron chi connectivity index (χ3n) is 9.38. The summed E-state index contributed by atoms with van der Waals surface area (Å²) < 4.78 is 32.7. The van der Waals surface area contributed by atoms with E-state index in [1.807, 2.05) is 36.4 Å². The number of sulfonamides is 1. The number of ether oxygens (including phenoxy) is 1. The molecule has 2 fully saturated rings. The highest BCUT2D eigenvalue weighted by atomic mass is 35.5. The molecule has 11 nitrogen and oxygen atoms in total. The lowest BCUT2D eigenvalue weighted by atomic mass is 10.0. The molecule has 2 saturated heterocycles. The predicted molar refractivity (Wildman–Crippen MR) is 186 cm³/mol. The topological polar surface area (TPSA) is 106 Å². The van der Waals surface area contributed by atoms with Crippen LogP contribution in [0.25, 0.3) is 10.8 Å². The standard InChI is InChI=1S/C33H39ClN8O3S/c1-39-15-17-41(18-16-39)24-11-13-40(14-12-24)25-8-10-27(29(19-25)45-2)37-33-35-20-26(34)32(38-33)36-28-9-7-22-5-4-6-23-21-42(46(3,43)44)31(28)30(22)23/h4-10,19-20,24H,11-18,21H2,1-3H3,(H2,35,36,37,38). The molecule has 13 heteroatoms. The van der Waals surface area contributed by atoms with Crippen LogP contribution in [0.5, 0.6) is 5.75 Å². The molecular formula is C33H39ClN8O3S. The molecule has 242 valence electrons. The zero-order valence-electron chi connectivity index (χ0n) is 26.3. The van der Waals surface area contributed by atoms with E-state index in [4.69, 9.17) is 16.3 Å². The summed E-state index contributed by atoms with van der Waals surface area (Å²) in [6, 6.07) is 16.5. The van der Waals surface area contributed by atoms with Crippen LogP contribution in [0.4, 0.5) is 34.5 Å². The number of anilines is 6. The van der Waals surface area contributed by atoms with Gasteiger partial charge in [-0.25, -0.2) is 13.4 Å². The fourth-order valence-corrected chi connectivity index (χ4v) is 7.90. The molecule has 4 heterocycles. The minimum atomic E-state index is -3.53. The first-order valence-corrected chi connectivity index (χ1v) is 17.8. The molecule has 3 aliphatic heterocycles. The number of benzene rings is 3. The zero-order valence-corrected chi connectivity index (χ0v) is 27.9. The number of hydrogen-bond acceptors (Lipinski definition) is 10. The molecule has 0 aliphatic carbocycles. The molecule has 0 amide bonds. The van der Waals surface area contributed by atoms with Crippen molar-refractivity contribution < 1.29 is 13.2 Å². The minimum Gasteiger partial charge on any atom is -0.494 e. The van der Waals surface area contributed by atoms with E-state index in [0.717, 1.165) is 79.8 Å². The first-order chi connectivity index (χ1) is 22.2. The maximum Gasteiger partial charge on any atom is 0.232 e. The van der Waals surface area contributed by atoms with Crippen molar-refractivity contribution in [1.82, 2.24) is 19.8 Å². The van der Waals surface area contributed by atoms with Gasteiger partial charge in [0.1, 0.15) is 10.8 Å². The van der Waals surface area contributed by atoms with Gasteiger partial charge in [-0.15, -0.1) is 0 Å². The minimum absolute atomic E-state index is 0.276. The number of likely N-dealkylation sites (N-methyl/N-ethyl adjacent to an activating group) is 1. The van der Waals surface area contributed by atoms with Gasteiger partial charge in [0.15, 0.2) is 5.82 Å². The van der Waals surface area contributed by atoms with E-state index in [0.29, 0.717) is 40.0 Å². The molecule has 0 unspecified atom stereocenters. The van der Waals surface area contributed by atoms with Gasteiger partial charge in [0.2, 0.25) is 16.0 Å². The summed E-state index contributed by atoms with van der Waals surface area (Å²) in [4.78, 5) is 16.6. The van der Waals surface area contributed by atoms with Crippen LogP contribution in [0.1, 0.15) is 18.4 Å². The Morgan fingerprint density at radius 3 is 2.46 bits per heavy atom. The van der Waals surface area contributed by atoms with Gasteiger partial charge in [0.05, 0.1) is 43.2 Å². The van der Waals surface area contributed by atoms with Crippen LogP contribution in [0.2, 0.25) is 5.02 Å². The monoisotopic (exact) mass is 662 g/mol. The van der Waals surface area contributed by atoms with Crippen LogP contribution >= 0.6 is 11.6 Å². The lowest BCUT2D eigenvalue weighted by Crippen LogP contribution is -2.52. The number of nitrogens with one attached hydrogen (secondary N) is 2. The van der Waals surface area contributed by atoms with E-state index >= 15 is 0 Å². The van der Waals surface area contributed by atoms with E-state index in [1.54, 1.807) is 7.11 Å². The third kappa shape index (κ3) is 6.02. The average molecular weight is 663 g/mol. The Morgan fingerprint density at radius 1 is 0.957 bits per heavy atom. The van der Waals surface area contributed by atoms with Crippen LogP contribution in [-0.4, -0.2) is 93.9 Å². The number of piperazine rings is 1. The number of methoxy groups -OCH3 is 1. The molecule has 3 aromatic carbocycles. The fourth-order valence-electron chi connectivity index (χ4n) is 6.86. The van der Waals surface area contributed by atoms with Crippen molar-refractivity contribution in [2.24, 2.45) is 0 Å². The molecule has 1 aromatic heterocycles. The first-order valence-electron chi connectivity index (χ1n) is 15.6. The van der Waals surface area contributed by atoms with Crippen LogP contribution in [0, 0.1) is 0 Å². The number of aromatic nitrogens is 2. The van der Waals surface area contributed by atoms with Gasteiger partial charge in [-0.3, -0.25) is 9.21 Å². The first kappa shape index (κ1) is 30.8. The van der Waals surface area contributed by atoms with Crippen molar-refractivity contribution in [2.45, 2.75) is 25.4 Å². The Labute approximate surface area is 275 Å². The Morgan fingerprint density at radius 2 is 1.72 bits per heavy atom. The van der Waals surface area contributed by atoms with Gasteiger partial charge in [0, 0.05) is 62.5 Å². The summed E-state index contributed by atoms with van der Waals surface area (Å²) in [5.74, 6) is 1.36. The van der Waals surface area contributed by atoms with Gasteiger partial charge >= 0.3 is 0 Å². The summed E-state index contributed by atoms with van der Waals surface area (Å²) in [5.41, 5.74) is 3.98. The molecule has 0 radical (unpaired) electrons. The van der Waals surface area contributed by atoms with E-state index in [-0.39, 0.29) is 6.54 Å². The summed E-state index contributed by atoms with van der Waals surface area (Å²) in [6.45, 7) is 6.90. The summed E-state index contributed by atoms with van der Waals surface area (Å²) in [7, 11) is 0.332. The molecule has 46 heavy (non-hydrogen) atoms. The van der Waals surface area contributed by atoms with Crippen LogP contribution < -0.4 is 24.6 Å². The van der Waals surface area contributed by atoms with Gasteiger partial charge in [-0.1, -0.05) is 35.9 Å². The number of piperidine rings is 1. The lowest BCUT2D eigenvalue weighted by molar-refractivity contribution is 0.0982. The number of halogens is 1.